The highest BCUT2D eigenvalue weighted by Gasteiger charge is 2.50. The second kappa shape index (κ2) is 23.8. The average molecular weight is 1120 g/mol. The molecule has 2 fully saturated rings. The van der Waals surface area contributed by atoms with Gasteiger partial charge in [0.1, 0.15) is 4.90 Å². The van der Waals surface area contributed by atoms with Crippen molar-refractivity contribution in [1.82, 2.24) is 15.4 Å². The minimum atomic E-state index is -6.19. The molecule has 74 heavy (non-hydrogen) atoms. The first kappa shape index (κ1) is 57.3. The maximum Gasteiger partial charge on any atom is 0.501 e. The van der Waals surface area contributed by atoms with E-state index >= 15 is 0 Å². The van der Waals surface area contributed by atoms with E-state index in [1.165, 1.54) is 23.8 Å². The fourth-order valence-corrected chi connectivity index (χ4v) is 14.0. The number of allylic oxidation sites excluding steroid dienone is 2. The van der Waals surface area contributed by atoms with Gasteiger partial charge in [0.05, 0.1) is 17.0 Å². The van der Waals surface area contributed by atoms with E-state index in [4.69, 9.17) is 16.3 Å². The molecular formula is C51H61ClF3N5O10PS3. The summed E-state index contributed by atoms with van der Waals surface area (Å²) in [4.78, 5) is 47.5. The van der Waals surface area contributed by atoms with Crippen molar-refractivity contribution in [3.8, 4) is 0 Å². The zero-order valence-corrected chi connectivity index (χ0v) is 44.9. The van der Waals surface area contributed by atoms with Gasteiger partial charge in [-0.2, -0.15) is 21.6 Å². The molecule has 0 bridgehead atoms. The Bertz CT molecular complexity index is 2920. The van der Waals surface area contributed by atoms with Gasteiger partial charge in [-0.1, -0.05) is 92.2 Å². The molecule has 1 aliphatic carbocycles. The summed E-state index contributed by atoms with van der Waals surface area (Å²) >= 11 is 7.07. The Labute approximate surface area is 440 Å². The smallest absolute Gasteiger partial charge is 0.449 e. The third kappa shape index (κ3) is 14.1. The molecule has 401 valence electrons. The van der Waals surface area contributed by atoms with E-state index in [1.54, 1.807) is 42.5 Å². The summed E-state index contributed by atoms with van der Waals surface area (Å²) in [6.45, 7) is 10.5. The van der Waals surface area contributed by atoms with E-state index in [1.807, 2.05) is 29.0 Å². The van der Waals surface area contributed by atoms with Gasteiger partial charge in [0.25, 0.3) is 15.7 Å². The van der Waals surface area contributed by atoms with E-state index in [-0.39, 0.29) is 49.2 Å². The maximum absolute atomic E-state index is 14.9. The molecule has 1 amide bonds. The number of sulfone groups is 1. The first-order valence-corrected chi connectivity index (χ1v) is 30.0. The summed E-state index contributed by atoms with van der Waals surface area (Å²) in [5, 5.41) is 6.11. The number of alkyl halides is 3. The van der Waals surface area contributed by atoms with Crippen LogP contribution in [0.1, 0.15) is 74.7 Å². The number of carbonyl (C=O) groups excluding carboxylic acids is 2. The second-order valence-corrected chi connectivity index (χ2v) is 26.4. The first-order valence-electron chi connectivity index (χ1n) is 24.2. The number of nitrogens with zero attached hydrogens (tertiary/aromatic N) is 2. The summed E-state index contributed by atoms with van der Waals surface area (Å²) in [6, 6.07) is 26.3. The molecule has 2 aliphatic heterocycles. The lowest BCUT2D eigenvalue weighted by atomic mass is 9.66. The average Bonchev–Trinajstić information content (AvgIpc) is 3.34. The number of hydrogen-bond acceptors (Lipinski definition) is 12. The number of amides is 1. The van der Waals surface area contributed by atoms with Crippen molar-refractivity contribution >= 4 is 79.8 Å². The van der Waals surface area contributed by atoms with Gasteiger partial charge in [-0.25, -0.2) is 17.4 Å². The number of nitrogens with one attached hydrogen (secondary N) is 3. The first-order chi connectivity index (χ1) is 34.8. The Morgan fingerprint density at radius 1 is 0.986 bits per heavy atom. The number of piperazine rings is 1. The molecule has 7 rings (SSSR count). The number of esters is 1. The molecule has 0 spiro atoms. The van der Waals surface area contributed by atoms with Crippen LogP contribution in [-0.4, -0.2) is 94.0 Å². The monoisotopic (exact) mass is 1120 g/mol. The number of halogens is 4. The van der Waals surface area contributed by atoms with Gasteiger partial charge in [0, 0.05) is 53.8 Å². The molecule has 4 aromatic rings. The lowest BCUT2D eigenvalue weighted by Crippen LogP contribution is -2.52. The van der Waals surface area contributed by atoms with Crippen molar-refractivity contribution in [3.05, 3.63) is 132 Å². The normalized spacial score (nSPS) is 21.5. The third-order valence-corrected chi connectivity index (χ3v) is 19.4. The van der Waals surface area contributed by atoms with Crippen LogP contribution in [0.25, 0.3) is 5.57 Å². The number of thioether (sulfide) groups is 1. The SMILES string of the molecule is [CH2][C@H](OC(=O)C1CCNCC1CCCC(Sc1ccccc1)N(c1ccccc1S(=O)(=O)C(F)(F)F)S(=O)(=O)NC(=O)c1ccc(N2CCNC(CC3CC(c4ccc(Cl)cc4)=CCC3(C)C)C2)cc1)P(=O)(O)O. The van der Waals surface area contributed by atoms with Crippen molar-refractivity contribution in [2.24, 2.45) is 23.2 Å². The Morgan fingerprint density at radius 3 is 2.34 bits per heavy atom. The van der Waals surface area contributed by atoms with Gasteiger partial charge in [-0.15, -0.1) is 0 Å². The van der Waals surface area contributed by atoms with Crippen LogP contribution in [0.15, 0.2) is 119 Å². The number of benzene rings is 4. The van der Waals surface area contributed by atoms with Crippen molar-refractivity contribution < 1.29 is 58.7 Å². The van der Waals surface area contributed by atoms with E-state index in [9.17, 15) is 53.9 Å². The molecule has 5 unspecified atom stereocenters. The Morgan fingerprint density at radius 2 is 1.66 bits per heavy atom. The highest BCUT2D eigenvalue weighted by atomic mass is 35.5. The van der Waals surface area contributed by atoms with Crippen LogP contribution >= 0.6 is 31.0 Å². The molecule has 2 saturated heterocycles. The largest absolute Gasteiger partial charge is 0.501 e. The maximum atomic E-state index is 14.9. The minimum Gasteiger partial charge on any atom is -0.449 e. The molecule has 5 N–H and O–H groups in total. The molecule has 4 aromatic carbocycles. The summed E-state index contributed by atoms with van der Waals surface area (Å²) in [7, 11) is -16.3. The molecule has 23 heteroatoms. The molecule has 6 atom stereocenters. The van der Waals surface area contributed by atoms with Gasteiger partial charge in [-0.3, -0.25) is 14.2 Å². The van der Waals surface area contributed by atoms with Crippen molar-refractivity contribution in [2.75, 3.05) is 41.9 Å². The number of carbonyl (C=O) groups is 2. The fraction of sp³-hybridized carbons (Fsp3) is 0.431. The van der Waals surface area contributed by atoms with E-state index in [0.717, 1.165) is 54.4 Å². The Balaban J connectivity index is 1.13. The lowest BCUT2D eigenvalue weighted by Gasteiger charge is -2.43. The molecular weight excluding hydrogens is 1060 g/mol. The van der Waals surface area contributed by atoms with Gasteiger partial charge in [0.2, 0.25) is 5.85 Å². The molecule has 3 aliphatic rings. The van der Waals surface area contributed by atoms with Crippen LogP contribution in [0.3, 0.4) is 0 Å². The second-order valence-electron chi connectivity index (χ2n) is 19.5. The molecule has 0 aromatic heterocycles. The number of anilines is 2. The number of piperidine rings is 1. The van der Waals surface area contributed by atoms with Crippen molar-refractivity contribution in [3.63, 3.8) is 0 Å². The predicted molar refractivity (Wildman–Crippen MR) is 281 cm³/mol. The summed E-state index contributed by atoms with van der Waals surface area (Å²) in [5.41, 5.74) is -3.51. The Kier molecular flexibility index (Phi) is 18.5. The van der Waals surface area contributed by atoms with Crippen LogP contribution in [0.4, 0.5) is 24.5 Å². The van der Waals surface area contributed by atoms with Gasteiger partial charge in [-0.05, 0) is 141 Å². The fourth-order valence-electron chi connectivity index (χ4n) is 9.78. The number of ether oxygens (including phenoxy) is 1. The highest BCUT2D eigenvalue weighted by Crippen LogP contribution is 2.46. The van der Waals surface area contributed by atoms with Gasteiger partial charge < -0.3 is 30.1 Å². The number of hydrogen-bond donors (Lipinski definition) is 5. The van der Waals surface area contributed by atoms with Gasteiger partial charge >= 0.3 is 29.3 Å². The topological polar surface area (TPSA) is 212 Å². The van der Waals surface area contributed by atoms with Crippen LogP contribution in [-0.2, 0) is 34.1 Å². The number of para-hydroxylation sites is 1. The van der Waals surface area contributed by atoms with Crippen LogP contribution in [0, 0.1) is 30.1 Å². The van der Waals surface area contributed by atoms with Gasteiger partial charge in [0.15, 0.2) is 0 Å². The van der Waals surface area contributed by atoms with E-state index in [2.05, 4.69) is 42.4 Å². The predicted octanol–water partition coefficient (Wildman–Crippen LogP) is 9.20. The number of rotatable bonds is 19. The molecule has 15 nitrogen and oxygen atoms in total. The quantitative estimate of drug-likeness (QED) is 0.0257. The highest BCUT2D eigenvalue weighted by molar-refractivity contribution is 8.01. The zero-order valence-electron chi connectivity index (χ0n) is 40.8. The standard InChI is InChI=1S/C51H61ClF3N5O10PS3/c1-34(71(63,64)65)70-49(62)44-25-27-56-32-38(44)10-9-15-47(72-43-11-5-4-6-12-43)60(45-13-7-8-14-46(45)73(66,67)51(53,54)55)74(68,69)58-48(61)36-18-22-42(23-19-36)59-29-28-57-41(33-59)31-39-30-37(24-26-50(39,2)3)35-16-20-40(52)21-17-35/h4-8,11-14,16-24,34,38-39,41,44,47,56-57H,1,9-10,15,25-33H2,2-3H3,(H,58,61)(H2,63,64,65)/t34-,38?,39?,41?,44?,47?/m1/s1. The van der Waals surface area contributed by atoms with E-state index in [0.29, 0.717) is 52.4 Å². The summed E-state index contributed by atoms with van der Waals surface area (Å²) in [5.74, 6) is -4.94. The zero-order chi connectivity index (χ0) is 53.6. The van der Waals surface area contributed by atoms with Crippen molar-refractivity contribution in [2.45, 2.75) is 91.4 Å². The molecule has 0 saturated carbocycles. The van der Waals surface area contributed by atoms with Crippen LogP contribution < -0.4 is 24.6 Å². The molecule has 2 heterocycles. The van der Waals surface area contributed by atoms with Crippen molar-refractivity contribution in [1.29, 1.82) is 0 Å². The van der Waals surface area contributed by atoms with Crippen LogP contribution in [0.5, 0.6) is 0 Å². The van der Waals surface area contributed by atoms with E-state index < -0.39 is 78.7 Å². The lowest BCUT2D eigenvalue weighted by molar-refractivity contribution is -0.152. The molecule has 1 radical (unpaired) electrons. The minimum absolute atomic E-state index is 0.0597. The summed E-state index contributed by atoms with van der Waals surface area (Å²) in [6.07, 6.45) is 5.41. The summed E-state index contributed by atoms with van der Waals surface area (Å²) < 4.78 is 119. The Hall–Kier alpha value is -4.44. The third-order valence-electron chi connectivity index (χ3n) is 14.0. The van der Waals surface area contributed by atoms with Crippen LogP contribution in [0.2, 0.25) is 5.02 Å².